The topological polar surface area (TPSA) is 67.5 Å². The van der Waals surface area contributed by atoms with Crippen molar-refractivity contribution in [2.24, 2.45) is 0 Å². The SMILES string of the molecule is Cc1cc(C=O)ccc1-c1ccc(C(=O)O)o1. The van der Waals surface area contributed by atoms with Gasteiger partial charge in [0.15, 0.2) is 0 Å². The molecular formula is C13H10O4. The normalized spacial score (nSPS) is 10.2. The zero-order chi connectivity index (χ0) is 12.4. The smallest absolute Gasteiger partial charge is 0.371 e. The summed E-state index contributed by atoms with van der Waals surface area (Å²) >= 11 is 0. The van der Waals surface area contributed by atoms with E-state index in [1.54, 1.807) is 24.3 Å². The number of rotatable bonds is 3. The first-order chi connectivity index (χ1) is 8.11. The summed E-state index contributed by atoms with van der Waals surface area (Å²) in [6, 6.07) is 8.14. The highest BCUT2D eigenvalue weighted by atomic mass is 16.4. The molecule has 4 nitrogen and oxygen atoms in total. The van der Waals surface area contributed by atoms with Gasteiger partial charge in [-0.15, -0.1) is 0 Å². The van der Waals surface area contributed by atoms with E-state index in [0.29, 0.717) is 11.3 Å². The predicted octanol–water partition coefficient (Wildman–Crippen LogP) is 2.77. The number of hydrogen-bond acceptors (Lipinski definition) is 3. The lowest BCUT2D eigenvalue weighted by Gasteiger charge is -2.02. The third-order valence-electron chi connectivity index (χ3n) is 2.47. The number of carboxylic acid groups (broad SMARTS) is 1. The van der Waals surface area contributed by atoms with E-state index in [4.69, 9.17) is 9.52 Å². The highest BCUT2D eigenvalue weighted by Crippen LogP contribution is 2.26. The summed E-state index contributed by atoms with van der Waals surface area (Å²) < 4.78 is 5.20. The lowest BCUT2D eigenvalue weighted by molar-refractivity contribution is 0.0663. The van der Waals surface area contributed by atoms with Crippen molar-refractivity contribution in [3.8, 4) is 11.3 Å². The van der Waals surface area contributed by atoms with E-state index in [1.807, 2.05) is 6.92 Å². The molecule has 0 aliphatic heterocycles. The molecule has 0 radical (unpaired) electrons. The Bertz CT molecular complexity index is 581. The monoisotopic (exact) mass is 230 g/mol. The molecule has 0 spiro atoms. The Kier molecular flexibility index (Phi) is 2.78. The fourth-order valence-corrected chi connectivity index (χ4v) is 1.63. The Morgan fingerprint density at radius 2 is 2.06 bits per heavy atom. The molecule has 0 unspecified atom stereocenters. The maximum Gasteiger partial charge on any atom is 0.371 e. The molecule has 0 fully saturated rings. The molecule has 0 saturated heterocycles. The molecular weight excluding hydrogens is 220 g/mol. The molecule has 0 atom stereocenters. The molecule has 1 heterocycles. The Labute approximate surface area is 97.5 Å². The third-order valence-corrected chi connectivity index (χ3v) is 2.47. The fourth-order valence-electron chi connectivity index (χ4n) is 1.63. The number of hydrogen-bond donors (Lipinski definition) is 1. The lowest BCUT2D eigenvalue weighted by Crippen LogP contribution is -1.91. The van der Waals surface area contributed by atoms with Crippen LogP contribution in [0.2, 0.25) is 0 Å². The summed E-state index contributed by atoms with van der Waals surface area (Å²) in [4.78, 5) is 21.3. The van der Waals surface area contributed by atoms with Crippen molar-refractivity contribution in [1.82, 2.24) is 0 Å². The molecule has 17 heavy (non-hydrogen) atoms. The number of carboxylic acids is 1. The van der Waals surface area contributed by atoms with Crippen molar-refractivity contribution in [3.05, 3.63) is 47.2 Å². The summed E-state index contributed by atoms with van der Waals surface area (Å²) in [6.07, 6.45) is 0.765. The maximum atomic E-state index is 10.7. The summed E-state index contributed by atoms with van der Waals surface area (Å²) in [7, 11) is 0. The van der Waals surface area contributed by atoms with Gasteiger partial charge >= 0.3 is 5.97 Å². The van der Waals surface area contributed by atoms with Crippen LogP contribution in [-0.4, -0.2) is 17.4 Å². The van der Waals surface area contributed by atoms with E-state index in [1.165, 1.54) is 6.07 Å². The van der Waals surface area contributed by atoms with Crippen LogP contribution in [-0.2, 0) is 0 Å². The maximum absolute atomic E-state index is 10.7. The Balaban J connectivity index is 2.45. The van der Waals surface area contributed by atoms with Gasteiger partial charge in [-0.3, -0.25) is 4.79 Å². The van der Waals surface area contributed by atoms with Crippen LogP contribution in [0.1, 0.15) is 26.5 Å². The Morgan fingerprint density at radius 1 is 1.29 bits per heavy atom. The number of carbonyl (C=O) groups is 2. The van der Waals surface area contributed by atoms with E-state index in [-0.39, 0.29) is 5.76 Å². The fraction of sp³-hybridized carbons (Fsp3) is 0.0769. The molecule has 0 aliphatic rings. The highest BCUT2D eigenvalue weighted by Gasteiger charge is 2.11. The van der Waals surface area contributed by atoms with Crippen molar-refractivity contribution >= 4 is 12.3 Å². The molecule has 1 N–H and O–H groups in total. The molecule has 86 valence electrons. The number of carbonyl (C=O) groups excluding carboxylic acids is 1. The van der Waals surface area contributed by atoms with Gasteiger partial charge in [0.05, 0.1) is 0 Å². The summed E-state index contributed by atoms with van der Waals surface area (Å²) in [5.41, 5.74) is 2.22. The first kappa shape index (κ1) is 11.1. The van der Waals surface area contributed by atoms with Crippen molar-refractivity contribution in [2.45, 2.75) is 6.92 Å². The van der Waals surface area contributed by atoms with Gasteiger partial charge in [-0.25, -0.2) is 4.79 Å². The van der Waals surface area contributed by atoms with Crippen molar-refractivity contribution in [1.29, 1.82) is 0 Å². The van der Waals surface area contributed by atoms with Crippen LogP contribution in [0.4, 0.5) is 0 Å². The first-order valence-electron chi connectivity index (χ1n) is 5.01. The second kappa shape index (κ2) is 4.25. The van der Waals surface area contributed by atoms with Crippen LogP contribution in [0, 0.1) is 6.92 Å². The molecule has 1 aromatic heterocycles. The molecule has 1 aromatic carbocycles. The minimum absolute atomic E-state index is 0.0983. The molecule has 2 aromatic rings. The largest absolute Gasteiger partial charge is 0.475 e. The van der Waals surface area contributed by atoms with E-state index in [0.717, 1.165) is 17.4 Å². The van der Waals surface area contributed by atoms with Gasteiger partial charge in [0.1, 0.15) is 12.0 Å². The molecule has 0 aliphatic carbocycles. The Hall–Kier alpha value is -2.36. The van der Waals surface area contributed by atoms with Gasteiger partial charge in [-0.2, -0.15) is 0 Å². The summed E-state index contributed by atoms with van der Waals surface area (Å²) in [6.45, 7) is 1.84. The number of aryl methyl sites for hydroxylation is 1. The van der Waals surface area contributed by atoms with Crippen LogP contribution in [0.5, 0.6) is 0 Å². The first-order valence-corrected chi connectivity index (χ1v) is 5.01. The number of benzene rings is 1. The zero-order valence-electron chi connectivity index (χ0n) is 9.14. The molecule has 4 heteroatoms. The second-order valence-corrected chi connectivity index (χ2v) is 3.66. The van der Waals surface area contributed by atoms with Crippen LogP contribution in [0.3, 0.4) is 0 Å². The highest BCUT2D eigenvalue weighted by molar-refractivity contribution is 5.85. The van der Waals surface area contributed by atoms with Crippen LogP contribution in [0.15, 0.2) is 34.7 Å². The van der Waals surface area contributed by atoms with Gasteiger partial charge < -0.3 is 9.52 Å². The van der Waals surface area contributed by atoms with E-state index < -0.39 is 5.97 Å². The zero-order valence-corrected chi connectivity index (χ0v) is 9.14. The van der Waals surface area contributed by atoms with Gasteiger partial charge in [-0.1, -0.05) is 12.1 Å². The minimum Gasteiger partial charge on any atom is -0.475 e. The molecule has 0 amide bonds. The van der Waals surface area contributed by atoms with Crippen LogP contribution >= 0.6 is 0 Å². The average Bonchev–Trinajstić information content (AvgIpc) is 2.78. The van der Waals surface area contributed by atoms with Crippen molar-refractivity contribution in [3.63, 3.8) is 0 Å². The molecule has 0 bridgehead atoms. The lowest BCUT2D eigenvalue weighted by atomic mass is 10.0. The van der Waals surface area contributed by atoms with E-state index in [2.05, 4.69) is 0 Å². The van der Waals surface area contributed by atoms with Crippen molar-refractivity contribution in [2.75, 3.05) is 0 Å². The quantitative estimate of drug-likeness (QED) is 0.823. The van der Waals surface area contributed by atoms with E-state index in [9.17, 15) is 9.59 Å². The summed E-state index contributed by atoms with van der Waals surface area (Å²) in [5.74, 6) is -0.713. The number of aldehydes is 1. The predicted molar refractivity (Wildman–Crippen MR) is 61.2 cm³/mol. The van der Waals surface area contributed by atoms with Crippen LogP contribution in [0.25, 0.3) is 11.3 Å². The summed E-state index contributed by atoms with van der Waals surface area (Å²) in [5, 5.41) is 8.76. The number of furan rings is 1. The second-order valence-electron chi connectivity index (χ2n) is 3.66. The molecule has 2 rings (SSSR count). The van der Waals surface area contributed by atoms with Gasteiger partial charge in [0, 0.05) is 11.1 Å². The standard InChI is InChI=1S/C13H10O4/c1-8-6-9(7-14)2-3-10(8)11-4-5-12(17-11)13(15)16/h2-7H,1H3,(H,15,16). The Morgan fingerprint density at radius 3 is 2.59 bits per heavy atom. The third kappa shape index (κ3) is 2.10. The van der Waals surface area contributed by atoms with E-state index >= 15 is 0 Å². The molecule has 0 saturated carbocycles. The minimum atomic E-state index is -1.10. The van der Waals surface area contributed by atoms with Gasteiger partial charge in [0.2, 0.25) is 5.76 Å². The van der Waals surface area contributed by atoms with Crippen LogP contribution < -0.4 is 0 Å². The van der Waals surface area contributed by atoms with Gasteiger partial charge in [0.25, 0.3) is 0 Å². The van der Waals surface area contributed by atoms with Crippen molar-refractivity contribution < 1.29 is 19.1 Å². The van der Waals surface area contributed by atoms with Gasteiger partial charge in [-0.05, 0) is 30.7 Å². The number of aromatic carboxylic acids is 1. The average molecular weight is 230 g/mol.